The molecule has 0 spiro atoms. The minimum absolute atomic E-state index is 0.157. The van der Waals surface area contributed by atoms with Crippen LogP contribution in [0.5, 0.6) is 5.75 Å². The summed E-state index contributed by atoms with van der Waals surface area (Å²) in [6.45, 7) is 0. The van der Waals surface area contributed by atoms with Gasteiger partial charge in [0.05, 0.1) is 16.0 Å². The Balaban J connectivity index is 2.27. The van der Waals surface area contributed by atoms with Crippen LogP contribution in [0.1, 0.15) is 0 Å². The maximum absolute atomic E-state index is 11.5. The molecule has 0 bridgehead atoms. The molecule has 3 rings (SSSR count). The predicted molar refractivity (Wildman–Crippen MR) is 87.3 cm³/mol. The molecule has 0 radical (unpaired) electrons. The Morgan fingerprint density at radius 1 is 0.957 bits per heavy atom. The number of benzene rings is 3. The second-order valence-electron chi connectivity index (χ2n) is 4.80. The smallest absolute Gasteiger partial charge is 0.306 e. The van der Waals surface area contributed by atoms with Crippen LogP contribution in [0.3, 0.4) is 0 Å². The zero-order valence-electron chi connectivity index (χ0n) is 11.9. The second kappa shape index (κ2) is 5.72. The van der Waals surface area contributed by atoms with Crippen LogP contribution < -0.4 is 5.73 Å². The van der Waals surface area contributed by atoms with Gasteiger partial charge in [0.1, 0.15) is 11.4 Å². The molecule has 0 atom stereocenters. The molecule has 23 heavy (non-hydrogen) atoms. The Morgan fingerprint density at radius 3 is 2.22 bits per heavy atom. The van der Waals surface area contributed by atoms with Gasteiger partial charge in [-0.1, -0.05) is 36.4 Å². The number of phenolic OH excluding ortho intramolecular Hbond substituents is 1. The third-order valence-corrected chi connectivity index (χ3v) is 3.38. The number of nitro benzene ring substituents is 1. The molecule has 0 saturated heterocycles. The van der Waals surface area contributed by atoms with E-state index in [1.54, 1.807) is 42.5 Å². The molecule has 0 unspecified atom stereocenters. The number of nitrogens with zero attached hydrogens (tertiary/aromatic N) is 3. The van der Waals surface area contributed by atoms with Gasteiger partial charge in [0.25, 0.3) is 0 Å². The summed E-state index contributed by atoms with van der Waals surface area (Å²) < 4.78 is 0. The average molecular weight is 308 g/mol. The quantitative estimate of drug-likeness (QED) is 0.244. The molecule has 0 aromatic heterocycles. The van der Waals surface area contributed by atoms with Gasteiger partial charge in [-0.2, -0.15) is 5.11 Å². The lowest BCUT2D eigenvalue weighted by Gasteiger charge is -2.08. The number of azo groups is 1. The summed E-state index contributed by atoms with van der Waals surface area (Å²) in [6.07, 6.45) is 0. The van der Waals surface area contributed by atoms with Gasteiger partial charge in [-0.15, -0.1) is 5.11 Å². The first-order chi connectivity index (χ1) is 11.1. The lowest BCUT2D eigenvalue weighted by Crippen LogP contribution is -1.96. The zero-order chi connectivity index (χ0) is 16.4. The highest BCUT2D eigenvalue weighted by atomic mass is 16.6. The summed E-state index contributed by atoms with van der Waals surface area (Å²) in [4.78, 5) is 10.9. The van der Waals surface area contributed by atoms with Crippen molar-refractivity contribution in [3.05, 3.63) is 64.7 Å². The van der Waals surface area contributed by atoms with Gasteiger partial charge < -0.3 is 10.8 Å². The monoisotopic (exact) mass is 308 g/mol. The van der Waals surface area contributed by atoms with Crippen molar-refractivity contribution in [1.29, 1.82) is 0 Å². The van der Waals surface area contributed by atoms with Crippen molar-refractivity contribution in [2.45, 2.75) is 0 Å². The molecule has 3 aromatic rings. The van der Waals surface area contributed by atoms with E-state index in [0.29, 0.717) is 11.1 Å². The number of aromatic hydroxyl groups is 1. The van der Waals surface area contributed by atoms with Crippen molar-refractivity contribution in [2.24, 2.45) is 10.2 Å². The van der Waals surface area contributed by atoms with Gasteiger partial charge in [-0.25, -0.2) is 0 Å². The molecular weight excluding hydrogens is 296 g/mol. The number of rotatable bonds is 3. The zero-order valence-corrected chi connectivity index (χ0v) is 11.9. The van der Waals surface area contributed by atoms with Gasteiger partial charge in [0.15, 0.2) is 5.69 Å². The van der Waals surface area contributed by atoms with E-state index in [1.165, 1.54) is 6.07 Å². The van der Waals surface area contributed by atoms with Gasteiger partial charge >= 0.3 is 5.69 Å². The minimum atomic E-state index is -0.572. The van der Waals surface area contributed by atoms with Crippen molar-refractivity contribution in [2.75, 3.05) is 5.73 Å². The molecule has 0 saturated carbocycles. The number of anilines is 1. The normalized spacial score (nSPS) is 11.1. The minimum Gasteiger partial charge on any atom is -0.505 e. The molecule has 0 fully saturated rings. The Labute approximate surface area is 130 Å². The Morgan fingerprint density at radius 2 is 1.57 bits per heavy atom. The number of nitrogens with two attached hydrogens (primary N) is 1. The topological polar surface area (TPSA) is 114 Å². The van der Waals surface area contributed by atoms with E-state index in [9.17, 15) is 15.2 Å². The summed E-state index contributed by atoms with van der Waals surface area (Å²) in [5, 5.41) is 30.1. The molecule has 7 heteroatoms. The van der Waals surface area contributed by atoms with E-state index in [0.717, 1.165) is 0 Å². The summed E-state index contributed by atoms with van der Waals surface area (Å²) in [5.74, 6) is -0.242. The third kappa shape index (κ3) is 2.55. The van der Waals surface area contributed by atoms with Crippen LogP contribution in [0.15, 0.2) is 64.8 Å². The highest BCUT2D eigenvalue weighted by Gasteiger charge is 2.25. The van der Waals surface area contributed by atoms with Gasteiger partial charge in [0, 0.05) is 5.39 Å². The summed E-state index contributed by atoms with van der Waals surface area (Å²) in [5.41, 5.74) is 5.75. The fraction of sp³-hybridized carbons (Fsp3) is 0. The third-order valence-electron chi connectivity index (χ3n) is 3.38. The SMILES string of the molecule is Nc1c(N=Nc2ccccc2)c([N+](=O)[O-])c2ccccc2c1O. The molecule has 0 amide bonds. The summed E-state index contributed by atoms with van der Waals surface area (Å²) in [6, 6.07) is 15.2. The average Bonchev–Trinajstić information content (AvgIpc) is 2.57. The Kier molecular flexibility index (Phi) is 3.60. The highest BCUT2D eigenvalue weighted by molar-refractivity contribution is 6.05. The Bertz CT molecular complexity index is 924. The van der Waals surface area contributed by atoms with Crippen LogP contribution in [-0.2, 0) is 0 Å². The molecule has 0 aliphatic rings. The van der Waals surface area contributed by atoms with Crippen molar-refractivity contribution in [3.63, 3.8) is 0 Å². The first-order valence-corrected chi connectivity index (χ1v) is 6.74. The van der Waals surface area contributed by atoms with E-state index in [2.05, 4.69) is 10.2 Å². The van der Waals surface area contributed by atoms with Crippen molar-refractivity contribution in [3.8, 4) is 5.75 Å². The van der Waals surface area contributed by atoms with E-state index in [4.69, 9.17) is 5.73 Å². The van der Waals surface area contributed by atoms with Crippen LogP contribution in [0.4, 0.5) is 22.7 Å². The number of phenols is 1. The fourth-order valence-electron chi connectivity index (χ4n) is 2.30. The van der Waals surface area contributed by atoms with Gasteiger partial charge in [-0.05, 0) is 18.2 Å². The lowest BCUT2D eigenvalue weighted by atomic mass is 10.0. The van der Waals surface area contributed by atoms with Crippen LogP contribution in [0.2, 0.25) is 0 Å². The number of hydrogen-bond acceptors (Lipinski definition) is 6. The number of hydrogen-bond donors (Lipinski definition) is 2. The first kappa shape index (κ1) is 14.5. The van der Waals surface area contributed by atoms with Crippen LogP contribution in [0.25, 0.3) is 10.8 Å². The van der Waals surface area contributed by atoms with Crippen LogP contribution in [0, 0.1) is 10.1 Å². The lowest BCUT2D eigenvalue weighted by molar-refractivity contribution is -0.382. The standard InChI is InChI=1S/C16H12N4O3/c17-13-14(19-18-10-6-2-1-3-7-10)15(20(22)23)11-8-4-5-9-12(11)16(13)21/h1-9,21H,17H2. The maximum Gasteiger partial charge on any atom is 0.306 e. The van der Waals surface area contributed by atoms with Crippen molar-refractivity contribution >= 4 is 33.5 Å². The molecule has 7 nitrogen and oxygen atoms in total. The van der Waals surface area contributed by atoms with E-state index < -0.39 is 4.92 Å². The molecule has 0 aliphatic carbocycles. The van der Waals surface area contributed by atoms with Gasteiger partial charge in [-0.3, -0.25) is 10.1 Å². The summed E-state index contributed by atoms with van der Waals surface area (Å²) >= 11 is 0. The highest BCUT2D eigenvalue weighted by Crippen LogP contribution is 2.47. The fourth-order valence-corrected chi connectivity index (χ4v) is 2.30. The molecule has 114 valence electrons. The summed E-state index contributed by atoms with van der Waals surface area (Å²) in [7, 11) is 0. The number of nitrogen functional groups attached to an aromatic ring is 1. The van der Waals surface area contributed by atoms with Crippen molar-refractivity contribution in [1.82, 2.24) is 0 Å². The number of fused-ring (bicyclic) bond motifs is 1. The first-order valence-electron chi connectivity index (χ1n) is 6.74. The molecular formula is C16H12N4O3. The van der Waals surface area contributed by atoms with Crippen LogP contribution >= 0.6 is 0 Å². The molecule has 0 aliphatic heterocycles. The van der Waals surface area contributed by atoms with E-state index in [-0.39, 0.29) is 28.2 Å². The molecule has 3 N–H and O–H groups in total. The second-order valence-corrected chi connectivity index (χ2v) is 4.80. The maximum atomic E-state index is 11.5. The molecule has 0 heterocycles. The number of nitro groups is 1. The van der Waals surface area contributed by atoms with E-state index in [1.807, 2.05) is 6.07 Å². The van der Waals surface area contributed by atoms with Crippen LogP contribution in [-0.4, -0.2) is 10.0 Å². The predicted octanol–water partition coefficient (Wildman–Crippen LogP) is 4.45. The van der Waals surface area contributed by atoms with Gasteiger partial charge in [0.2, 0.25) is 0 Å². The largest absolute Gasteiger partial charge is 0.505 e. The van der Waals surface area contributed by atoms with E-state index >= 15 is 0 Å². The molecule has 3 aromatic carbocycles. The van der Waals surface area contributed by atoms with Crippen molar-refractivity contribution < 1.29 is 10.0 Å². The Hall–Kier alpha value is -3.48.